The third kappa shape index (κ3) is 2.66. The smallest absolute Gasteiger partial charge is 0.246 e. The Morgan fingerprint density at radius 3 is 2.86 bits per heavy atom. The SMILES string of the molecule is CCn1cc(S(=O)(=O)N2CCCCC2c2n[nH]c(C)n2)cn1. The lowest BCUT2D eigenvalue weighted by Crippen LogP contribution is -2.38. The highest BCUT2D eigenvalue weighted by Gasteiger charge is 2.37. The van der Waals surface area contributed by atoms with Crippen LogP contribution in [0, 0.1) is 6.92 Å². The lowest BCUT2D eigenvalue weighted by atomic mass is 10.0. The Morgan fingerprint density at radius 1 is 1.41 bits per heavy atom. The number of aromatic nitrogens is 5. The van der Waals surface area contributed by atoms with Crippen molar-refractivity contribution in [1.29, 1.82) is 0 Å². The Balaban J connectivity index is 1.95. The maximum absolute atomic E-state index is 12.9. The second-order valence-electron chi connectivity index (χ2n) is 5.44. The minimum absolute atomic E-state index is 0.230. The van der Waals surface area contributed by atoms with Crippen molar-refractivity contribution in [3.8, 4) is 0 Å². The van der Waals surface area contributed by atoms with Crippen molar-refractivity contribution in [2.24, 2.45) is 0 Å². The summed E-state index contributed by atoms with van der Waals surface area (Å²) in [5.41, 5.74) is 0. The number of aromatic amines is 1. The molecule has 2 aromatic heterocycles. The van der Waals surface area contributed by atoms with Gasteiger partial charge in [-0.3, -0.25) is 9.78 Å². The van der Waals surface area contributed by atoms with Gasteiger partial charge in [0.05, 0.1) is 12.2 Å². The van der Waals surface area contributed by atoms with E-state index in [0.29, 0.717) is 24.7 Å². The number of hydrogen-bond acceptors (Lipinski definition) is 5. The lowest BCUT2D eigenvalue weighted by Gasteiger charge is -2.32. The molecule has 3 rings (SSSR count). The molecule has 1 aliphatic rings. The molecule has 0 radical (unpaired) electrons. The van der Waals surface area contributed by atoms with E-state index in [0.717, 1.165) is 19.3 Å². The third-order valence-electron chi connectivity index (χ3n) is 3.91. The van der Waals surface area contributed by atoms with Crippen molar-refractivity contribution in [1.82, 2.24) is 29.3 Å². The van der Waals surface area contributed by atoms with E-state index in [4.69, 9.17) is 0 Å². The van der Waals surface area contributed by atoms with Gasteiger partial charge in [0, 0.05) is 19.3 Å². The second-order valence-corrected chi connectivity index (χ2v) is 7.33. The first-order valence-corrected chi connectivity index (χ1v) is 8.89. The molecular formula is C13H20N6O2S. The van der Waals surface area contributed by atoms with Crippen molar-refractivity contribution in [2.75, 3.05) is 6.54 Å². The molecular weight excluding hydrogens is 304 g/mol. The van der Waals surface area contributed by atoms with Crippen LogP contribution in [-0.2, 0) is 16.6 Å². The minimum atomic E-state index is -3.58. The van der Waals surface area contributed by atoms with E-state index in [9.17, 15) is 8.42 Å². The first kappa shape index (κ1) is 15.2. The summed E-state index contributed by atoms with van der Waals surface area (Å²) < 4.78 is 29.0. The number of nitrogens with one attached hydrogen (secondary N) is 1. The van der Waals surface area contributed by atoms with Gasteiger partial charge >= 0.3 is 0 Å². The monoisotopic (exact) mass is 324 g/mol. The number of aryl methyl sites for hydroxylation is 2. The van der Waals surface area contributed by atoms with E-state index < -0.39 is 10.0 Å². The second kappa shape index (κ2) is 5.81. The molecule has 0 saturated carbocycles. The first-order valence-electron chi connectivity index (χ1n) is 7.45. The van der Waals surface area contributed by atoms with Crippen LogP contribution >= 0.6 is 0 Å². The van der Waals surface area contributed by atoms with Crippen molar-refractivity contribution in [2.45, 2.75) is 50.6 Å². The van der Waals surface area contributed by atoms with Crippen LogP contribution < -0.4 is 0 Å². The number of piperidine rings is 1. The average molecular weight is 324 g/mol. The summed E-state index contributed by atoms with van der Waals surface area (Å²) in [7, 11) is -3.58. The normalized spacial score (nSPS) is 20.4. The Kier molecular flexibility index (Phi) is 4.00. The predicted molar refractivity (Wildman–Crippen MR) is 79.5 cm³/mol. The van der Waals surface area contributed by atoms with E-state index in [1.807, 2.05) is 13.8 Å². The van der Waals surface area contributed by atoms with Gasteiger partial charge in [0.15, 0.2) is 5.82 Å². The highest BCUT2D eigenvalue weighted by Crippen LogP contribution is 2.33. The maximum Gasteiger partial charge on any atom is 0.246 e. The molecule has 0 bridgehead atoms. The van der Waals surface area contributed by atoms with Crippen LogP contribution in [0.3, 0.4) is 0 Å². The highest BCUT2D eigenvalue weighted by molar-refractivity contribution is 7.89. The molecule has 9 heteroatoms. The molecule has 3 heterocycles. The summed E-state index contributed by atoms with van der Waals surface area (Å²) in [6.45, 7) is 4.85. The van der Waals surface area contributed by atoms with E-state index in [1.165, 1.54) is 10.5 Å². The zero-order valence-electron chi connectivity index (χ0n) is 12.7. The molecule has 0 spiro atoms. The van der Waals surface area contributed by atoms with E-state index in [-0.39, 0.29) is 10.9 Å². The summed E-state index contributed by atoms with van der Waals surface area (Å²) in [6.07, 6.45) is 5.54. The highest BCUT2D eigenvalue weighted by atomic mass is 32.2. The number of hydrogen-bond donors (Lipinski definition) is 1. The van der Waals surface area contributed by atoms with Gasteiger partial charge in [0.25, 0.3) is 0 Å². The Hall–Kier alpha value is -1.74. The molecule has 1 N–H and O–H groups in total. The molecule has 0 aliphatic carbocycles. The molecule has 8 nitrogen and oxygen atoms in total. The zero-order chi connectivity index (χ0) is 15.7. The summed E-state index contributed by atoms with van der Waals surface area (Å²) >= 11 is 0. The van der Waals surface area contributed by atoms with Crippen LogP contribution in [0.15, 0.2) is 17.3 Å². The standard InChI is InChI=1S/C13H20N6O2S/c1-3-18-9-11(8-14-18)22(20,21)19-7-5-4-6-12(19)13-15-10(2)16-17-13/h8-9,12H,3-7H2,1-2H3,(H,15,16,17). The summed E-state index contributed by atoms with van der Waals surface area (Å²) in [6, 6.07) is -0.311. The minimum Gasteiger partial charge on any atom is -0.272 e. The third-order valence-corrected chi connectivity index (χ3v) is 5.77. The molecule has 1 saturated heterocycles. The van der Waals surface area contributed by atoms with Crippen LogP contribution in [0.4, 0.5) is 0 Å². The fourth-order valence-corrected chi connectivity index (χ4v) is 4.36. The van der Waals surface area contributed by atoms with Gasteiger partial charge in [-0.2, -0.15) is 14.5 Å². The Labute approximate surface area is 129 Å². The molecule has 1 fully saturated rings. The van der Waals surface area contributed by atoms with Crippen molar-refractivity contribution >= 4 is 10.0 Å². The van der Waals surface area contributed by atoms with E-state index in [2.05, 4.69) is 20.3 Å². The topological polar surface area (TPSA) is 96.8 Å². The number of sulfonamides is 1. The molecule has 0 aromatic carbocycles. The Morgan fingerprint density at radius 2 is 2.23 bits per heavy atom. The molecule has 2 aromatic rings. The van der Waals surface area contributed by atoms with Crippen LogP contribution in [0.1, 0.15) is 43.9 Å². The van der Waals surface area contributed by atoms with Crippen LogP contribution in [0.2, 0.25) is 0 Å². The summed E-state index contributed by atoms with van der Waals surface area (Å²) in [5.74, 6) is 1.24. The fraction of sp³-hybridized carbons (Fsp3) is 0.615. The predicted octanol–water partition coefficient (Wildman–Crippen LogP) is 1.25. The van der Waals surface area contributed by atoms with E-state index >= 15 is 0 Å². The number of rotatable bonds is 4. The van der Waals surface area contributed by atoms with Crippen LogP contribution in [-0.4, -0.2) is 44.2 Å². The molecule has 22 heavy (non-hydrogen) atoms. The fourth-order valence-electron chi connectivity index (χ4n) is 2.75. The number of H-pyrrole nitrogens is 1. The van der Waals surface area contributed by atoms with E-state index in [1.54, 1.807) is 10.9 Å². The molecule has 120 valence electrons. The van der Waals surface area contributed by atoms with Crippen LogP contribution in [0.25, 0.3) is 0 Å². The molecule has 0 amide bonds. The maximum atomic E-state index is 12.9. The summed E-state index contributed by atoms with van der Waals surface area (Å²) in [5, 5.41) is 11.0. The van der Waals surface area contributed by atoms with Gasteiger partial charge in [0.2, 0.25) is 10.0 Å². The van der Waals surface area contributed by atoms with Gasteiger partial charge in [-0.1, -0.05) is 6.42 Å². The Bertz CT molecular complexity index is 750. The van der Waals surface area contributed by atoms with Gasteiger partial charge in [-0.05, 0) is 26.7 Å². The van der Waals surface area contributed by atoms with Gasteiger partial charge in [-0.15, -0.1) is 0 Å². The van der Waals surface area contributed by atoms with Gasteiger partial charge in [-0.25, -0.2) is 13.4 Å². The molecule has 1 atom stereocenters. The van der Waals surface area contributed by atoms with Crippen molar-refractivity contribution < 1.29 is 8.42 Å². The van der Waals surface area contributed by atoms with Gasteiger partial charge in [0.1, 0.15) is 10.7 Å². The largest absolute Gasteiger partial charge is 0.272 e. The quantitative estimate of drug-likeness (QED) is 0.913. The van der Waals surface area contributed by atoms with Crippen molar-refractivity contribution in [3.63, 3.8) is 0 Å². The molecule has 1 unspecified atom stereocenters. The van der Waals surface area contributed by atoms with Gasteiger partial charge < -0.3 is 0 Å². The number of nitrogens with zero attached hydrogens (tertiary/aromatic N) is 5. The zero-order valence-corrected chi connectivity index (χ0v) is 13.5. The summed E-state index contributed by atoms with van der Waals surface area (Å²) in [4.78, 5) is 4.55. The first-order chi connectivity index (χ1) is 10.5. The van der Waals surface area contributed by atoms with Crippen LogP contribution in [0.5, 0.6) is 0 Å². The average Bonchev–Trinajstić information content (AvgIpc) is 3.16. The van der Waals surface area contributed by atoms with Crippen molar-refractivity contribution in [3.05, 3.63) is 24.0 Å². The lowest BCUT2D eigenvalue weighted by molar-refractivity contribution is 0.247. The molecule has 1 aliphatic heterocycles.